The second-order valence-electron chi connectivity index (χ2n) is 5.78. The maximum Gasteiger partial charge on any atom is 0.308 e. The molecule has 0 saturated carbocycles. The summed E-state index contributed by atoms with van der Waals surface area (Å²) in [5.74, 6) is -0.278. The van der Waals surface area contributed by atoms with E-state index in [0.29, 0.717) is 16.9 Å². The van der Waals surface area contributed by atoms with Crippen molar-refractivity contribution in [1.29, 1.82) is 5.26 Å². The van der Waals surface area contributed by atoms with Gasteiger partial charge in [-0.25, -0.2) is 0 Å². The highest BCUT2D eigenvalue weighted by molar-refractivity contribution is 5.71. The van der Waals surface area contributed by atoms with Gasteiger partial charge in [-0.05, 0) is 32.4 Å². The van der Waals surface area contributed by atoms with E-state index >= 15 is 0 Å². The van der Waals surface area contributed by atoms with Gasteiger partial charge >= 0.3 is 5.97 Å². The maximum atomic E-state index is 12.0. The van der Waals surface area contributed by atoms with E-state index in [2.05, 4.69) is 16.4 Å². The number of aryl methyl sites for hydroxylation is 2. The van der Waals surface area contributed by atoms with Crippen LogP contribution in [0.2, 0.25) is 0 Å². The van der Waals surface area contributed by atoms with Gasteiger partial charge < -0.3 is 10.1 Å². The molecule has 1 heterocycles. The van der Waals surface area contributed by atoms with Crippen LogP contribution in [0.5, 0.6) is 0 Å². The van der Waals surface area contributed by atoms with Crippen LogP contribution in [0.1, 0.15) is 35.9 Å². The average Bonchev–Trinajstić information content (AvgIpc) is 2.53. The lowest BCUT2D eigenvalue weighted by Crippen LogP contribution is -2.22. The molecule has 0 spiro atoms. The molecule has 2 aromatic rings. The molecule has 0 saturated heterocycles. The number of aromatic nitrogens is 1. The zero-order valence-electron chi connectivity index (χ0n) is 14.2. The molecule has 1 atom stereocenters. The molecule has 2 rings (SSSR count). The third kappa shape index (κ3) is 4.82. The fourth-order valence-electron chi connectivity index (χ4n) is 2.45. The fraction of sp³-hybridized carbons (Fsp3) is 0.316. The molecule has 1 unspecified atom stereocenters. The number of carbonyl (C=O) groups is 1. The molecule has 5 nitrogen and oxygen atoms in total. The summed E-state index contributed by atoms with van der Waals surface area (Å²) < 4.78 is 5.28. The average molecular weight is 323 g/mol. The van der Waals surface area contributed by atoms with Crippen molar-refractivity contribution in [3.05, 3.63) is 58.9 Å². The highest BCUT2D eigenvalue weighted by Crippen LogP contribution is 2.20. The molecule has 0 aliphatic rings. The van der Waals surface area contributed by atoms with Crippen molar-refractivity contribution in [2.75, 3.05) is 5.32 Å². The number of esters is 1. The van der Waals surface area contributed by atoms with E-state index in [1.807, 2.05) is 50.2 Å². The van der Waals surface area contributed by atoms with Gasteiger partial charge in [0.2, 0.25) is 0 Å². The Labute approximate surface area is 142 Å². The number of rotatable bonds is 6. The molecule has 0 radical (unpaired) electrons. The highest BCUT2D eigenvalue weighted by atomic mass is 16.5. The van der Waals surface area contributed by atoms with Crippen molar-refractivity contribution in [3.8, 4) is 6.07 Å². The van der Waals surface area contributed by atoms with Crippen LogP contribution < -0.4 is 5.32 Å². The Morgan fingerprint density at radius 2 is 2.04 bits per heavy atom. The maximum absolute atomic E-state index is 12.0. The lowest BCUT2D eigenvalue weighted by Gasteiger charge is -2.17. The van der Waals surface area contributed by atoms with Crippen LogP contribution in [0.25, 0.3) is 0 Å². The molecule has 0 aliphatic carbocycles. The molecule has 24 heavy (non-hydrogen) atoms. The number of ether oxygens (including phenoxy) is 1. The van der Waals surface area contributed by atoms with Gasteiger partial charge in [-0.2, -0.15) is 5.26 Å². The number of pyridine rings is 1. The lowest BCUT2D eigenvalue weighted by atomic mass is 10.1. The molecular formula is C19H21N3O2. The molecule has 1 N–H and O–H groups in total. The van der Waals surface area contributed by atoms with E-state index in [4.69, 9.17) is 4.74 Å². The largest absolute Gasteiger partial charge is 0.461 e. The van der Waals surface area contributed by atoms with E-state index in [-0.39, 0.29) is 25.0 Å². The van der Waals surface area contributed by atoms with Gasteiger partial charge in [-0.3, -0.25) is 9.78 Å². The van der Waals surface area contributed by atoms with Crippen LogP contribution in [-0.2, 0) is 16.1 Å². The Balaban J connectivity index is 1.92. The Morgan fingerprint density at radius 1 is 1.33 bits per heavy atom. The van der Waals surface area contributed by atoms with Crippen molar-refractivity contribution in [3.63, 3.8) is 0 Å². The third-order valence-electron chi connectivity index (χ3n) is 3.56. The zero-order chi connectivity index (χ0) is 17.5. The Bertz CT molecular complexity index is 751. The van der Waals surface area contributed by atoms with E-state index in [1.165, 1.54) is 0 Å². The summed E-state index contributed by atoms with van der Waals surface area (Å²) in [5, 5.41) is 12.5. The van der Waals surface area contributed by atoms with Crippen LogP contribution in [-0.4, -0.2) is 17.0 Å². The Morgan fingerprint density at radius 3 is 2.71 bits per heavy atom. The van der Waals surface area contributed by atoms with Crippen molar-refractivity contribution in [1.82, 2.24) is 4.98 Å². The fourth-order valence-corrected chi connectivity index (χ4v) is 2.45. The monoisotopic (exact) mass is 323 g/mol. The number of carbonyl (C=O) groups excluding carboxylic acids is 1. The molecular weight excluding hydrogens is 302 g/mol. The molecule has 1 aromatic carbocycles. The van der Waals surface area contributed by atoms with E-state index in [0.717, 1.165) is 11.3 Å². The van der Waals surface area contributed by atoms with Crippen molar-refractivity contribution in [2.24, 2.45) is 0 Å². The van der Waals surface area contributed by atoms with E-state index in [1.54, 1.807) is 6.92 Å². The van der Waals surface area contributed by atoms with Crippen LogP contribution in [0.3, 0.4) is 0 Å². The predicted octanol–water partition coefficient (Wildman–Crippen LogP) is 3.50. The number of nitrogens with one attached hydrogen (secondary N) is 1. The molecule has 0 bridgehead atoms. The van der Waals surface area contributed by atoms with Crippen LogP contribution in [0.15, 0.2) is 36.4 Å². The number of nitrogens with zero attached hydrogens (tertiary/aromatic N) is 2. The molecule has 1 aromatic heterocycles. The quantitative estimate of drug-likeness (QED) is 0.823. The first-order chi connectivity index (χ1) is 11.5. The van der Waals surface area contributed by atoms with Gasteiger partial charge in [-0.1, -0.05) is 30.3 Å². The number of hydrogen-bond donors (Lipinski definition) is 1. The second-order valence-corrected chi connectivity index (χ2v) is 5.78. The van der Waals surface area contributed by atoms with Crippen molar-refractivity contribution in [2.45, 2.75) is 39.8 Å². The molecule has 124 valence electrons. The van der Waals surface area contributed by atoms with Gasteiger partial charge in [0.05, 0.1) is 23.4 Å². The van der Waals surface area contributed by atoms with Gasteiger partial charge in [0, 0.05) is 11.7 Å². The first-order valence-electron chi connectivity index (χ1n) is 7.84. The van der Waals surface area contributed by atoms with Crippen LogP contribution >= 0.6 is 0 Å². The summed E-state index contributed by atoms with van der Waals surface area (Å²) in [5.41, 5.74) is 3.67. The van der Waals surface area contributed by atoms with E-state index in [9.17, 15) is 10.1 Å². The summed E-state index contributed by atoms with van der Waals surface area (Å²) in [6.45, 7) is 5.83. The predicted molar refractivity (Wildman–Crippen MR) is 92.4 cm³/mol. The summed E-state index contributed by atoms with van der Waals surface area (Å²) in [7, 11) is 0. The zero-order valence-corrected chi connectivity index (χ0v) is 14.2. The molecule has 0 amide bonds. The number of benzene rings is 1. The summed E-state index contributed by atoms with van der Waals surface area (Å²) >= 11 is 0. The minimum Gasteiger partial charge on any atom is -0.461 e. The topological polar surface area (TPSA) is 75.0 Å². The normalized spacial score (nSPS) is 11.4. The van der Waals surface area contributed by atoms with E-state index < -0.39 is 0 Å². The van der Waals surface area contributed by atoms with Crippen molar-refractivity contribution >= 4 is 11.7 Å². The minimum absolute atomic E-state index is 0.151. The Hall–Kier alpha value is -2.87. The second kappa shape index (κ2) is 8.11. The highest BCUT2D eigenvalue weighted by Gasteiger charge is 2.14. The Kier molecular flexibility index (Phi) is 5.91. The standard InChI is InChI=1S/C19H21N3O2/c1-13-9-18(17(11-20)15(3)21-13)22-14(2)10-19(23)24-12-16-7-5-4-6-8-16/h4-9,14H,10,12H2,1-3H3,(H,21,22). The SMILES string of the molecule is Cc1cc(NC(C)CC(=O)OCc2ccccc2)c(C#N)c(C)n1. The van der Waals surface area contributed by atoms with Crippen LogP contribution in [0, 0.1) is 25.2 Å². The first-order valence-corrected chi connectivity index (χ1v) is 7.84. The number of hydrogen-bond acceptors (Lipinski definition) is 5. The number of anilines is 1. The van der Waals surface area contributed by atoms with Gasteiger partial charge in [0.25, 0.3) is 0 Å². The minimum atomic E-state index is -0.278. The summed E-state index contributed by atoms with van der Waals surface area (Å²) in [4.78, 5) is 16.2. The molecule has 0 fully saturated rings. The van der Waals surface area contributed by atoms with Gasteiger partial charge in [0.1, 0.15) is 12.7 Å². The number of nitriles is 1. The van der Waals surface area contributed by atoms with Crippen LogP contribution in [0.4, 0.5) is 5.69 Å². The lowest BCUT2D eigenvalue weighted by molar-refractivity contribution is -0.145. The van der Waals surface area contributed by atoms with Gasteiger partial charge in [-0.15, -0.1) is 0 Å². The van der Waals surface area contributed by atoms with Crippen molar-refractivity contribution < 1.29 is 9.53 Å². The first kappa shape index (κ1) is 17.5. The molecule has 0 aliphatic heterocycles. The summed E-state index contributed by atoms with van der Waals surface area (Å²) in [6, 6.07) is 13.4. The summed E-state index contributed by atoms with van der Waals surface area (Å²) in [6.07, 6.45) is 0.220. The molecule has 5 heteroatoms. The van der Waals surface area contributed by atoms with Gasteiger partial charge in [0.15, 0.2) is 0 Å². The smallest absolute Gasteiger partial charge is 0.308 e. The third-order valence-corrected chi connectivity index (χ3v) is 3.56.